The number of nitrogens with zero attached hydrogens (tertiary/aromatic N) is 5. The highest BCUT2D eigenvalue weighted by molar-refractivity contribution is 5.87. The number of halogens is 3. The molecular formula is C25H24F3N5O2. The highest BCUT2D eigenvalue weighted by Crippen LogP contribution is 2.39. The molecule has 0 spiro atoms. The number of hydrogen-bond acceptors (Lipinski definition) is 6. The molecule has 1 saturated heterocycles. The van der Waals surface area contributed by atoms with Crippen LogP contribution in [0.15, 0.2) is 48.7 Å². The SMILES string of the molecule is CC(C)(C)c1cccc2ccc(-c3nnc4ccc([C@@H](N5CC(=O)[C@H](O)C5)C(F)(F)F)cn34)nc12. The van der Waals surface area contributed by atoms with Crippen molar-refractivity contribution in [3.05, 3.63) is 59.8 Å². The monoisotopic (exact) mass is 483 g/mol. The Balaban J connectivity index is 1.63. The number of aliphatic hydroxyl groups excluding tert-OH is 1. The average Bonchev–Trinajstić information content (AvgIpc) is 3.34. The van der Waals surface area contributed by atoms with Crippen LogP contribution >= 0.6 is 0 Å². The van der Waals surface area contributed by atoms with Crippen LogP contribution < -0.4 is 0 Å². The lowest BCUT2D eigenvalue weighted by atomic mass is 9.85. The molecule has 35 heavy (non-hydrogen) atoms. The Kier molecular flexibility index (Phi) is 5.41. The van der Waals surface area contributed by atoms with Gasteiger partial charge in [-0.25, -0.2) is 4.98 Å². The van der Waals surface area contributed by atoms with E-state index >= 15 is 0 Å². The van der Waals surface area contributed by atoms with E-state index in [9.17, 15) is 23.1 Å². The zero-order valence-corrected chi connectivity index (χ0v) is 19.4. The van der Waals surface area contributed by atoms with E-state index in [1.807, 2.05) is 24.3 Å². The molecule has 4 heterocycles. The lowest BCUT2D eigenvalue weighted by Crippen LogP contribution is -2.37. The molecule has 2 atom stereocenters. The van der Waals surface area contributed by atoms with E-state index in [2.05, 4.69) is 31.0 Å². The zero-order valence-electron chi connectivity index (χ0n) is 19.4. The quantitative estimate of drug-likeness (QED) is 0.473. The highest BCUT2D eigenvalue weighted by Gasteiger charge is 2.48. The maximum absolute atomic E-state index is 14.1. The molecule has 3 aromatic heterocycles. The normalized spacial score (nSPS) is 18.6. The van der Waals surface area contributed by atoms with Gasteiger partial charge in [0, 0.05) is 18.1 Å². The van der Waals surface area contributed by atoms with Crippen LogP contribution in [0, 0.1) is 0 Å². The van der Waals surface area contributed by atoms with E-state index in [0.717, 1.165) is 21.4 Å². The number of rotatable bonds is 3. The van der Waals surface area contributed by atoms with E-state index in [-0.39, 0.29) is 17.5 Å². The van der Waals surface area contributed by atoms with Crippen LogP contribution in [-0.2, 0) is 10.2 Å². The van der Waals surface area contributed by atoms with Crippen molar-refractivity contribution in [2.75, 3.05) is 13.1 Å². The second kappa shape index (κ2) is 8.10. The van der Waals surface area contributed by atoms with E-state index < -0.39 is 30.7 Å². The number of hydrogen-bond donors (Lipinski definition) is 1. The smallest absolute Gasteiger partial charge is 0.384 e. The minimum absolute atomic E-state index is 0.0795. The minimum Gasteiger partial charge on any atom is -0.384 e. The summed E-state index contributed by atoms with van der Waals surface area (Å²) in [6.07, 6.45) is -4.75. The van der Waals surface area contributed by atoms with Crippen LogP contribution in [0.25, 0.3) is 28.1 Å². The third-order valence-corrected chi connectivity index (χ3v) is 6.31. The topological polar surface area (TPSA) is 83.6 Å². The Labute approximate surface area is 199 Å². The fraction of sp³-hybridized carbons (Fsp3) is 0.360. The van der Waals surface area contributed by atoms with Crippen LogP contribution in [0.1, 0.15) is 37.9 Å². The molecule has 1 aliphatic heterocycles. The van der Waals surface area contributed by atoms with Gasteiger partial charge in [-0.15, -0.1) is 10.2 Å². The predicted octanol–water partition coefficient (Wildman–Crippen LogP) is 4.09. The summed E-state index contributed by atoms with van der Waals surface area (Å²) >= 11 is 0. The number of aromatic nitrogens is 4. The van der Waals surface area contributed by atoms with Crippen LogP contribution in [0.2, 0.25) is 0 Å². The molecule has 0 bridgehead atoms. The number of carbonyl (C=O) groups is 1. The van der Waals surface area contributed by atoms with Crippen molar-refractivity contribution < 1.29 is 23.1 Å². The van der Waals surface area contributed by atoms with Gasteiger partial charge in [-0.3, -0.25) is 14.1 Å². The molecular weight excluding hydrogens is 459 g/mol. The first-order chi connectivity index (χ1) is 16.4. The Morgan fingerprint density at radius 3 is 2.49 bits per heavy atom. The number of aliphatic hydroxyl groups is 1. The number of Topliss-reactive ketones (excluding diaryl/α,β-unsaturated/α-hetero) is 1. The number of para-hydroxylation sites is 1. The van der Waals surface area contributed by atoms with Crippen molar-refractivity contribution in [2.45, 2.75) is 44.5 Å². The fourth-order valence-corrected chi connectivity index (χ4v) is 4.62. The summed E-state index contributed by atoms with van der Waals surface area (Å²) in [6, 6.07) is 10.4. The molecule has 10 heteroatoms. The lowest BCUT2D eigenvalue weighted by Gasteiger charge is -2.29. The third-order valence-electron chi connectivity index (χ3n) is 6.31. The number of ketones is 1. The minimum atomic E-state index is -4.66. The maximum atomic E-state index is 14.1. The molecule has 0 saturated carbocycles. The van der Waals surface area contributed by atoms with E-state index in [0.29, 0.717) is 17.2 Å². The lowest BCUT2D eigenvalue weighted by molar-refractivity contribution is -0.184. The van der Waals surface area contributed by atoms with E-state index in [1.54, 1.807) is 6.07 Å². The first kappa shape index (κ1) is 23.4. The summed E-state index contributed by atoms with van der Waals surface area (Å²) in [5, 5.41) is 19.0. The Morgan fingerprint density at radius 2 is 1.83 bits per heavy atom. The van der Waals surface area contributed by atoms with Gasteiger partial charge in [-0.1, -0.05) is 51.1 Å². The standard InChI is InChI=1S/C25H24F3N5O2/c1-24(2,3)16-6-4-5-14-7-9-17(29-21(14)16)23-31-30-20-10-8-15(11-33(20)23)22(25(26,27)28)32-12-18(34)19(35)13-32/h4-11,18,22,34H,12-13H2,1-3H3/t18-,22-/m1/s1. The fourth-order valence-electron chi connectivity index (χ4n) is 4.62. The number of β-amino-alcohol motifs (C(OH)–C–C–N with tert-alkyl or cyclic N) is 1. The molecule has 0 radical (unpaired) electrons. The van der Waals surface area contributed by atoms with Gasteiger partial charge < -0.3 is 5.11 Å². The van der Waals surface area contributed by atoms with Gasteiger partial charge in [0.05, 0.1) is 12.1 Å². The van der Waals surface area contributed by atoms with Gasteiger partial charge in [0.1, 0.15) is 17.8 Å². The highest BCUT2D eigenvalue weighted by atomic mass is 19.4. The predicted molar refractivity (Wildman–Crippen MR) is 124 cm³/mol. The molecule has 1 aliphatic rings. The summed E-state index contributed by atoms with van der Waals surface area (Å²) in [6.45, 7) is 5.42. The number of benzene rings is 1. The van der Waals surface area contributed by atoms with Crippen molar-refractivity contribution in [1.82, 2.24) is 24.5 Å². The summed E-state index contributed by atoms with van der Waals surface area (Å²) in [5.74, 6) is -0.314. The zero-order chi connectivity index (χ0) is 25.1. The van der Waals surface area contributed by atoms with Gasteiger partial charge in [0.25, 0.3) is 0 Å². The molecule has 1 fully saturated rings. The van der Waals surface area contributed by atoms with Crippen molar-refractivity contribution in [3.63, 3.8) is 0 Å². The number of pyridine rings is 2. The Bertz CT molecular complexity index is 1440. The van der Waals surface area contributed by atoms with Crippen LogP contribution in [0.5, 0.6) is 0 Å². The molecule has 1 aromatic carbocycles. The molecule has 182 valence electrons. The molecule has 0 amide bonds. The number of carbonyl (C=O) groups excluding carboxylic acids is 1. The van der Waals surface area contributed by atoms with Gasteiger partial charge >= 0.3 is 6.18 Å². The molecule has 4 aromatic rings. The number of fused-ring (bicyclic) bond motifs is 2. The summed E-state index contributed by atoms with van der Waals surface area (Å²) in [4.78, 5) is 17.5. The maximum Gasteiger partial charge on any atom is 0.408 e. The van der Waals surface area contributed by atoms with Crippen molar-refractivity contribution in [2.24, 2.45) is 0 Å². The summed E-state index contributed by atoms with van der Waals surface area (Å²) in [5.41, 5.74) is 2.44. The molecule has 0 unspecified atom stereocenters. The average molecular weight is 483 g/mol. The van der Waals surface area contributed by atoms with Gasteiger partial charge in [0.2, 0.25) is 0 Å². The number of alkyl halides is 3. The van der Waals surface area contributed by atoms with E-state index in [4.69, 9.17) is 4.98 Å². The van der Waals surface area contributed by atoms with Crippen LogP contribution in [0.4, 0.5) is 13.2 Å². The molecule has 0 aliphatic carbocycles. The Hall–Kier alpha value is -3.37. The second-order valence-corrected chi connectivity index (χ2v) is 9.89. The third kappa shape index (κ3) is 4.17. The van der Waals surface area contributed by atoms with Crippen molar-refractivity contribution in [3.8, 4) is 11.5 Å². The summed E-state index contributed by atoms with van der Waals surface area (Å²) in [7, 11) is 0. The Morgan fingerprint density at radius 1 is 1.06 bits per heavy atom. The molecule has 1 N–H and O–H groups in total. The first-order valence-corrected chi connectivity index (χ1v) is 11.2. The molecule has 5 rings (SSSR count). The molecule has 7 nitrogen and oxygen atoms in total. The van der Waals surface area contributed by atoms with Crippen molar-refractivity contribution >= 4 is 22.3 Å². The van der Waals surface area contributed by atoms with Gasteiger partial charge in [-0.05, 0) is 28.7 Å². The van der Waals surface area contributed by atoms with Crippen LogP contribution in [0.3, 0.4) is 0 Å². The van der Waals surface area contributed by atoms with Gasteiger partial charge in [0.15, 0.2) is 17.3 Å². The second-order valence-electron chi connectivity index (χ2n) is 9.89. The van der Waals surface area contributed by atoms with Crippen molar-refractivity contribution in [1.29, 1.82) is 0 Å². The first-order valence-electron chi connectivity index (χ1n) is 11.2. The largest absolute Gasteiger partial charge is 0.408 e. The van der Waals surface area contributed by atoms with Crippen LogP contribution in [-0.4, -0.2) is 60.7 Å². The number of likely N-dealkylation sites (tertiary alicyclic amines) is 1. The summed E-state index contributed by atoms with van der Waals surface area (Å²) < 4.78 is 43.8. The van der Waals surface area contributed by atoms with Gasteiger partial charge in [-0.2, -0.15) is 13.2 Å². The van der Waals surface area contributed by atoms with E-state index in [1.165, 1.54) is 22.7 Å².